The van der Waals surface area contributed by atoms with Crippen molar-refractivity contribution in [2.75, 3.05) is 18.8 Å². The molecule has 1 aromatic rings. The number of hydrogen-bond acceptors (Lipinski definition) is 4. The first kappa shape index (κ1) is 15.6. The number of benzene rings is 1. The van der Waals surface area contributed by atoms with E-state index in [0.717, 1.165) is 18.4 Å². The van der Waals surface area contributed by atoms with Crippen LogP contribution in [0.2, 0.25) is 0 Å². The first-order valence-corrected chi connectivity index (χ1v) is 9.07. The fourth-order valence-corrected chi connectivity index (χ4v) is 4.62. The third kappa shape index (κ3) is 3.06. The van der Waals surface area contributed by atoms with Gasteiger partial charge in [0.05, 0.1) is 6.04 Å². The Bertz CT molecular complexity index is 667. The van der Waals surface area contributed by atoms with Crippen LogP contribution in [0.25, 0.3) is 0 Å². The van der Waals surface area contributed by atoms with Crippen LogP contribution in [-0.2, 0) is 10.2 Å². The number of ether oxygens (including phenoxy) is 1. The topological polar surface area (TPSA) is 84.7 Å². The van der Waals surface area contributed by atoms with E-state index in [1.807, 2.05) is 19.9 Å². The predicted molar refractivity (Wildman–Crippen MR) is 85.8 cm³/mol. The van der Waals surface area contributed by atoms with Gasteiger partial charge in [0, 0.05) is 30.8 Å². The van der Waals surface area contributed by atoms with E-state index in [9.17, 15) is 8.42 Å². The zero-order chi connectivity index (χ0) is 16.0. The van der Waals surface area contributed by atoms with Gasteiger partial charge in [-0.1, -0.05) is 0 Å². The molecule has 3 N–H and O–H groups in total. The van der Waals surface area contributed by atoms with Gasteiger partial charge in [0.1, 0.15) is 11.4 Å². The number of nitrogens with zero attached hydrogens (tertiary/aromatic N) is 1. The Balaban J connectivity index is 1.91. The molecular formula is C15H23N3O3S. The van der Waals surface area contributed by atoms with Gasteiger partial charge in [-0.25, -0.2) is 0 Å². The average Bonchev–Trinajstić information content (AvgIpc) is 2.93. The fourth-order valence-electron chi connectivity index (χ4n) is 3.16. The largest absolute Gasteiger partial charge is 0.487 e. The van der Waals surface area contributed by atoms with Crippen LogP contribution in [0.3, 0.4) is 0 Å². The Kier molecular flexibility index (Phi) is 3.82. The van der Waals surface area contributed by atoms with Crippen molar-refractivity contribution in [1.29, 1.82) is 0 Å². The van der Waals surface area contributed by atoms with Crippen LogP contribution in [0.4, 0.5) is 5.69 Å². The molecule has 1 aromatic carbocycles. The third-order valence-electron chi connectivity index (χ3n) is 4.19. The van der Waals surface area contributed by atoms with Crippen LogP contribution in [-0.4, -0.2) is 31.4 Å². The summed E-state index contributed by atoms with van der Waals surface area (Å²) in [6.07, 6.45) is 2.41. The lowest BCUT2D eigenvalue weighted by atomic mass is 9.90. The molecule has 7 heteroatoms. The van der Waals surface area contributed by atoms with Crippen molar-refractivity contribution in [3.05, 3.63) is 23.8 Å². The Morgan fingerprint density at radius 3 is 2.68 bits per heavy atom. The Labute approximate surface area is 131 Å². The fraction of sp³-hybridized carbons (Fsp3) is 0.600. The number of hydrogen-bond donors (Lipinski definition) is 2. The van der Waals surface area contributed by atoms with Crippen molar-refractivity contribution in [1.82, 2.24) is 9.03 Å². The van der Waals surface area contributed by atoms with Crippen LogP contribution < -0.4 is 15.2 Å². The Hall–Kier alpha value is -1.31. The van der Waals surface area contributed by atoms with Crippen LogP contribution in [0.15, 0.2) is 18.2 Å². The van der Waals surface area contributed by atoms with E-state index >= 15 is 0 Å². The normalized spacial score (nSPS) is 24.7. The van der Waals surface area contributed by atoms with Gasteiger partial charge < -0.3 is 10.5 Å². The number of anilines is 1. The highest BCUT2D eigenvalue weighted by Crippen LogP contribution is 2.40. The van der Waals surface area contributed by atoms with E-state index < -0.39 is 15.8 Å². The first-order valence-electron chi connectivity index (χ1n) is 7.63. The molecule has 1 saturated heterocycles. The molecule has 1 unspecified atom stereocenters. The molecule has 2 aliphatic heterocycles. The van der Waals surface area contributed by atoms with Gasteiger partial charge in [0.15, 0.2) is 0 Å². The van der Waals surface area contributed by atoms with Gasteiger partial charge in [-0.2, -0.15) is 17.4 Å². The number of rotatable bonds is 3. The quantitative estimate of drug-likeness (QED) is 0.830. The number of nitrogen functional groups attached to an aromatic ring is 1. The van der Waals surface area contributed by atoms with Crippen molar-refractivity contribution in [2.24, 2.45) is 0 Å². The summed E-state index contributed by atoms with van der Waals surface area (Å²) in [6.45, 7) is 5.10. The molecule has 22 heavy (non-hydrogen) atoms. The second kappa shape index (κ2) is 5.40. The van der Waals surface area contributed by atoms with Crippen molar-refractivity contribution >= 4 is 15.9 Å². The van der Waals surface area contributed by atoms with Gasteiger partial charge >= 0.3 is 0 Å². The van der Waals surface area contributed by atoms with Crippen LogP contribution >= 0.6 is 0 Å². The maximum absolute atomic E-state index is 12.5. The summed E-state index contributed by atoms with van der Waals surface area (Å²) in [7, 11) is -3.48. The van der Waals surface area contributed by atoms with Crippen molar-refractivity contribution in [3.8, 4) is 5.75 Å². The smallest absolute Gasteiger partial charge is 0.280 e. The van der Waals surface area contributed by atoms with Crippen LogP contribution in [0.1, 0.15) is 44.7 Å². The van der Waals surface area contributed by atoms with Gasteiger partial charge in [-0.15, -0.1) is 0 Å². The second-order valence-electron chi connectivity index (χ2n) is 6.64. The molecule has 0 saturated carbocycles. The second-order valence-corrected chi connectivity index (χ2v) is 8.35. The summed E-state index contributed by atoms with van der Waals surface area (Å²) < 4.78 is 35.4. The molecule has 0 aliphatic carbocycles. The van der Waals surface area contributed by atoms with Gasteiger partial charge in [0.25, 0.3) is 10.2 Å². The number of fused-ring (bicyclic) bond motifs is 1. The molecule has 0 spiro atoms. The van der Waals surface area contributed by atoms with Crippen LogP contribution in [0.5, 0.6) is 5.75 Å². The average molecular weight is 325 g/mol. The minimum atomic E-state index is -3.48. The molecular weight excluding hydrogens is 302 g/mol. The van der Waals surface area contributed by atoms with Crippen molar-refractivity contribution < 1.29 is 13.2 Å². The van der Waals surface area contributed by atoms with Gasteiger partial charge in [0.2, 0.25) is 0 Å². The van der Waals surface area contributed by atoms with Gasteiger partial charge in [-0.3, -0.25) is 0 Å². The van der Waals surface area contributed by atoms with E-state index in [4.69, 9.17) is 10.5 Å². The molecule has 3 rings (SSSR count). The highest BCUT2D eigenvalue weighted by Gasteiger charge is 2.37. The maximum Gasteiger partial charge on any atom is 0.280 e. The molecule has 1 fully saturated rings. The van der Waals surface area contributed by atoms with Crippen molar-refractivity contribution in [2.45, 2.75) is 44.8 Å². The molecule has 2 aliphatic rings. The Morgan fingerprint density at radius 1 is 1.32 bits per heavy atom. The number of nitrogens with one attached hydrogen (secondary N) is 1. The van der Waals surface area contributed by atoms with Gasteiger partial charge in [-0.05, 0) is 44.9 Å². The minimum absolute atomic E-state index is 0.326. The van der Waals surface area contributed by atoms with Crippen LogP contribution in [0, 0.1) is 0 Å². The minimum Gasteiger partial charge on any atom is -0.487 e. The predicted octanol–water partition coefficient (Wildman–Crippen LogP) is 1.80. The molecule has 2 heterocycles. The molecule has 0 aromatic heterocycles. The van der Waals surface area contributed by atoms with E-state index in [-0.39, 0.29) is 6.04 Å². The van der Waals surface area contributed by atoms with E-state index in [0.29, 0.717) is 30.9 Å². The molecule has 0 radical (unpaired) electrons. The molecule has 0 bridgehead atoms. The van der Waals surface area contributed by atoms with E-state index in [1.165, 1.54) is 4.31 Å². The summed E-state index contributed by atoms with van der Waals surface area (Å²) >= 11 is 0. The number of nitrogens with two attached hydrogens (primary N) is 1. The lowest BCUT2D eigenvalue weighted by molar-refractivity contribution is 0.0700. The highest BCUT2D eigenvalue weighted by molar-refractivity contribution is 7.87. The van der Waals surface area contributed by atoms with E-state index in [1.54, 1.807) is 12.1 Å². The zero-order valence-electron chi connectivity index (χ0n) is 13.0. The lowest BCUT2D eigenvalue weighted by Crippen LogP contribution is -2.45. The first-order chi connectivity index (χ1) is 10.3. The SMILES string of the molecule is CC1(C)CC(NS(=O)(=O)N2CCCC2)c2cc(N)ccc2O1. The molecule has 1 atom stereocenters. The maximum atomic E-state index is 12.5. The summed E-state index contributed by atoms with van der Waals surface area (Å²) in [5.41, 5.74) is 6.84. The Morgan fingerprint density at radius 2 is 2.00 bits per heavy atom. The molecule has 0 amide bonds. The highest BCUT2D eigenvalue weighted by atomic mass is 32.2. The van der Waals surface area contributed by atoms with E-state index in [2.05, 4.69) is 4.72 Å². The monoisotopic (exact) mass is 325 g/mol. The summed E-state index contributed by atoms with van der Waals surface area (Å²) in [5.74, 6) is 0.694. The summed E-state index contributed by atoms with van der Waals surface area (Å²) in [6, 6.07) is 5.05. The summed E-state index contributed by atoms with van der Waals surface area (Å²) in [4.78, 5) is 0. The standard InChI is InChI=1S/C15H23N3O3S/c1-15(2)10-13(12-9-11(16)5-6-14(12)21-15)17-22(19,20)18-7-3-4-8-18/h5-6,9,13,17H,3-4,7-8,10,16H2,1-2H3. The summed E-state index contributed by atoms with van der Waals surface area (Å²) in [5, 5.41) is 0. The molecule has 6 nitrogen and oxygen atoms in total. The molecule has 122 valence electrons. The van der Waals surface area contributed by atoms with Crippen molar-refractivity contribution in [3.63, 3.8) is 0 Å². The zero-order valence-corrected chi connectivity index (χ0v) is 13.8. The third-order valence-corrected chi connectivity index (χ3v) is 5.81. The lowest BCUT2D eigenvalue weighted by Gasteiger charge is -2.38.